The van der Waals surface area contributed by atoms with Gasteiger partial charge in [0, 0.05) is 54.9 Å². The number of pyridine rings is 1. The van der Waals surface area contributed by atoms with Gasteiger partial charge in [0.2, 0.25) is 5.91 Å². The van der Waals surface area contributed by atoms with Crippen molar-refractivity contribution in [1.29, 1.82) is 0 Å². The summed E-state index contributed by atoms with van der Waals surface area (Å²) in [6.07, 6.45) is 6.34. The van der Waals surface area contributed by atoms with Gasteiger partial charge in [0.25, 0.3) is 5.69 Å². The minimum atomic E-state index is -0.370. The monoisotopic (exact) mass is 396 g/mol. The molecule has 0 radical (unpaired) electrons. The summed E-state index contributed by atoms with van der Waals surface area (Å²) >= 11 is 0. The maximum absolute atomic E-state index is 13.0. The zero-order valence-electron chi connectivity index (χ0n) is 17.0. The van der Waals surface area contributed by atoms with Crippen LogP contribution in [0.5, 0.6) is 0 Å². The minimum absolute atomic E-state index is 0.0404. The van der Waals surface area contributed by atoms with Crippen molar-refractivity contribution < 1.29 is 9.72 Å². The fraction of sp³-hybridized carbons (Fsp3) is 0.545. The highest BCUT2D eigenvalue weighted by atomic mass is 16.6. The van der Waals surface area contributed by atoms with E-state index in [2.05, 4.69) is 14.8 Å². The normalized spacial score (nSPS) is 18.7. The number of hydrogen-bond acceptors (Lipinski definition) is 5. The third kappa shape index (κ3) is 4.04. The first-order valence-electron chi connectivity index (χ1n) is 10.6. The molecule has 0 unspecified atom stereocenters. The molecule has 0 saturated carbocycles. The summed E-state index contributed by atoms with van der Waals surface area (Å²) in [5, 5.41) is 12.2. The van der Waals surface area contributed by atoms with Crippen LogP contribution in [0.15, 0.2) is 24.3 Å². The second-order valence-electron chi connectivity index (χ2n) is 8.21. The van der Waals surface area contributed by atoms with Crippen molar-refractivity contribution >= 4 is 28.2 Å². The molecule has 1 aromatic heterocycles. The number of carbonyl (C=O) groups is 1. The molecule has 1 aromatic carbocycles. The van der Waals surface area contributed by atoms with Gasteiger partial charge in [-0.05, 0) is 38.7 Å². The van der Waals surface area contributed by atoms with E-state index in [1.165, 1.54) is 18.9 Å². The Kier molecular flexibility index (Phi) is 5.65. The number of hydrogen-bond donors (Lipinski definition) is 0. The van der Waals surface area contributed by atoms with Gasteiger partial charge in [-0.1, -0.05) is 25.0 Å². The van der Waals surface area contributed by atoms with Crippen LogP contribution < -0.4 is 4.90 Å². The average molecular weight is 396 g/mol. The number of carbonyl (C=O) groups excluding carboxylic acids is 1. The number of non-ortho nitro benzene ring substituents is 1. The molecule has 3 heterocycles. The van der Waals surface area contributed by atoms with Crippen molar-refractivity contribution in [3.63, 3.8) is 0 Å². The SMILES string of the molecule is Cc1cc(N2CCC(C(=O)N3CCCCCC3)CC2)c2cccc([N+](=O)[O-])c2n1. The second kappa shape index (κ2) is 8.35. The Balaban J connectivity index is 1.53. The van der Waals surface area contributed by atoms with Gasteiger partial charge < -0.3 is 9.80 Å². The van der Waals surface area contributed by atoms with Crippen molar-refractivity contribution in [3.8, 4) is 0 Å². The molecular formula is C22H28N4O3. The van der Waals surface area contributed by atoms with Crippen LogP contribution in [-0.4, -0.2) is 46.9 Å². The van der Waals surface area contributed by atoms with Gasteiger partial charge in [0.05, 0.1) is 4.92 Å². The van der Waals surface area contributed by atoms with E-state index in [0.29, 0.717) is 11.4 Å². The van der Waals surface area contributed by atoms with Crippen molar-refractivity contribution in [1.82, 2.24) is 9.88 Å². The van der Waals surface area contributed by atoms with Crippen LogP contribution in [0.4, 0.5) is 11.4 Å². The molecule has 7 heteroatoms. The third-order valence-electron chi connectivity index (χ3n) is 6.22. The lowest BCUT2D eigenvalue weighted by molar-refractivity contribution is -0.383. The van der Waals surface area contributed by atoms with Gasteiger partial charge in [-0.2, -0.15) is 0 Å². The van der Waals surface area contributed by atoms with E-state index >= 15 is 0 Å². The number of likely N-dealkylation sites (tertiary alicyclic amines) is 1. The van der Waals surface area contributed by atoms with Crippen LogP contribution >= 0.6 is 0 Å². The molecule has 154 valence electrons. The lowest BCUT2D eigenvalue weighted by atomic mass is 9.94. The molecule has 0 atom stereocenters. The Morgan fingerprint density at radius 2 is 1.79 bits per heavy atom. The van der Waals surface area contributed by atoms with E-state index in [0.717, 1.165) is 68.6 Å². The summed E-state index contributed by atoms with van der Waals surface area (Å²) in [7, 11) is 0. The van der Waals surface area contributed by atoms with E-state index in [1.54, 1.807) is 6.07 Å². The number of piperidine rings is 1. The Morgan fingerprint density at radius 1 is 1.10 bits per heavy atom. The predicted molar refractivity (Wildman–Crippen MR) is 113 cm³/mol. The van der Waals surface area contributed by atoms with Gasteiger partial charge in [-0.3, -0.25) is 14.9 Å². The number of nitro benzene ring substituents is 1. The molecule has 7 nitrogen and oxygen atoms in total. The van der Waals surface area contributed by atoms with E-state index in [9.17, 15) is 14.9 Å². The molecule has 2 aliphatic heterocycles. The van der Waals surface area contributed by atoms with Crippen molar-refractivity contribution in [2.75, 3.05) is 31.1 Å². The molecule has 2 fully saturated rings. The zero-order valence-corrected chi connectivity index (χ0v) is 17.0. The molecule has 0 bridgehead atoms. The highest BCUT2D eigenvalue weighted by Gasteiger charge is 2.30. The van der Waals surface area contributed by atoms with Crippen LogP contribution in [0.25, 0.3) is 10.9 Å². The molecule has 4 rings (SSSR count). The number of nitro groups is 1. The molecule has 2 aliphatic rings. The Labute approximate surface area is 170 Å². The summed E-state index contributed by atoms with van der Waals surface area (Å²) in [4.78, 5) is 32.8. The second-order valence-corrected chi connectivity index (χ2v) is 8.21. The quantitative estimate of drug-likeness (QED) is 0.577. The van der Waals surface area contributed by atoms with Crippen LogP contribution in [0.1, 0.15) is 44.2 Å². The fourth-order valence-electron chi connectivity index (χ4n) is 4.67. The topological polar surface area (TPSA) is 79.6 Å². The molecule has 2 aromatic rings. The van der Waals surface area contributed by atoms with Gasteiger partial charge in [0.1, 0.15) is 0 Å². The third-order valence-corrected chi connectivity index (χ3v) is 6.22. The number of fused-ring (bicyclic) bond motifs is 1. The maximum atomic E-state index is 13.0. The molecule has 0 N–H and O–H groups in total. The van der Waals surface area contributed by atoms with Crippen molar-refractivity contribution in [3.05, 3.63) is 40.1 Å². The van der Waals surface area contributed by atoms with Gasteiger partial charge in [0.15, 0.2) is 5.52 Å². The first-order valence-corrected chi connectivity index (χ1v) is 10.6. The molecule has 29 heavy (non-hydrogen) atoms. The number of benzene rings is 1. The zero-order chi connectivity index (χ0) is 20.4. The molecule has 0 spiro atoms. The summed E-state index contributed by atoms with van der Waals surface area (Å²) in [6, 6.07) is 7.13. The largest absolute Gasteiger partial charge is 0.371 e. The number of nitrogens with zero attached hydrogens (tertiary/aromatic N) is 4. The van der Waals surface area contributed by atoms with Gasteiger partial charge in [-0.25, -0.2) is 4.98 Å². The maximum Gasteiger partial charge on any atom is 0.295 e. The van der Waals surface area contributed by atoms with E-state index in [4.69, 9.17) is 0 Å². The number of aromatic nitrogens is 1. The van der Waals surface area contributed by atoms with Crippen molar-refractivity contribution in [2.45, 2.75) is 45.4 Å². The van der Waals surface area contributed by atoms with Crippen LogP contribution in [-0.2, 0) is 4.79 Å². The first-order chi connectivity index (χ1) is 14.0. The number of anilines is 1. The number of rotatable bonds is 3. The Hall–Kier alpha value is -2.70. The summed E-state index contributed by atoms with van der Waals surface area (Å²) in [5.74, 6) is 0.408. The highest BCUT2D eigenvalue weighted by Crippen LogP contribution is 2.34. The predicted octanol–water partition coefficient (Wildman–Crippen LogP) is 4.07. The summed E-state index contributed by atoms with van der Waals surface area (Å²) in [5.41, 5.74) is 2.23. The molecular weight excluding hydrogens is 368 g/mol. The van der Waals surface area contributed by atoms with Crippen LogP contribution in [0, 0.1) is 23.0 Å². The van der Waals surface area contributed by atoms with Gasteiger partial charge in [-0.15, -0.1) is 0 Å². The Morgan fingerprint density at radius 3 is 2.45 bits per heavy atom. The number of aryl methyl sites for hydroxylation is 1. The minimum Gasteiger partial charge on any atom is -0.371 e. The summed E-state index contributed by atoms with van der Waals surface area (Å²) < 4.78 is 0. The van der Waals surface area contributed by atoms with E-state index < -0.39 is 0 Å². The fourth-order valence-corrected chi connectivity index (χ4v) is 4.67. The molecule has 2 saturated heterocycles. The smallest absolute Gasteiger partial charge is 0.295 e. The first kappa shape index (κ1) is 19.6. The lowest BCUT2D eigenvalue weighted by Crippen LogP contribution is -2.43. The van der Waals surface area contributed by atoms with Crippen molar-refractivity contribution in [2.24, 2.45) is 5.92 Å². The average Bonchev–Trinajstić information content (AvgIpc) is 3.02. The number of para-hydroxylation sites is 1. The van der Waals surface area contributed by atoms with Crippen LogP contribution in [0.2, 0.25) is 0 Å². The van der Waals surface area contributed by atoms with Crippen LogP contribution in [0.3, 0.4) is 0 Å². The van der Waals surface area contributed by atoms with E-state index in [-0.39, 0.29) is 16.5 Å². The van der Waals surface area contributed by atoms with Gasteiger partial charge >= 0.3 is 0 Å². The Bertz CT molecular complexity index is 914. The highest BCUT2D eigenvalue weighted by molar-refractivity contribution is 5.97. The molecule has 0 aliphatic carbocycles. The lowest BCUT2D eigenvalue weighted by Gasteiger charge is -2.35. The van der Waals surface area contributed by atoms with E-state index in [1.807, 2.05) is 19.1 Å². The molecule has 1 amide bonds. The standard InChI is InChI=1S/C22H28N4O3/c1-16-15-20(18-7-6-8-19(26(28)29)21(18)23-16)24-13-9-17(10-14-24)22(27)25-11-4-2-3-5-12-25/h6-8,15,17H,2-5,9-14H2,1H3. The number of amides is 1. The summed E-state index contributed by atoms with van der Waals surface area (Å²) in [6.45, 7) is 5.24.